The van der Waals surface area contributed by atoms with E-state index < -0.39 is 0 Å². The number of nitrogens with two attached hydrogens (primary N) is 1. The number of hydrogen-bond acceptors (Lipinski definition) is 4. The molecule has 0 saturated carbocycles. The fourth-order valence-corrected chi connectivity index (χ4v) is 1.92. The van der Waals surface area contributed by atoms with Crippen molar-refractivity contribution in [1.29, 1.82) is 0 Å². The molecule has 0 spiro atoms. The first-order valence-electron chi connectivity index (χ1n) is 5.87. The lowest BCUT2D eigenvalue weighted by atomic mass is 10.1. The third kappa shape index (κ3) is 3.30. The zero-order valence-electron chi connectivity index (χ0n) is 9.56. The summed E-state index contributed by atoms with van der Waals surface area (Å²) in [5.74, 6) is 0.672. The van der Waals surface area contributed by atoms with Crippen LogP contribution < -0.4 is 11.1 Å². The molecular weight excluding hydrogens is 204 g/mol. The Hall–Kier alpha value is -0.910. The molecule has 5 heteroatoms. The van der Waals surface area contributed by atoms with Crippen molar-refractivity contribution in [3.05, 3.63) is 18.2 Å². The molecule has 0 radical (unpaired) electrons. The predicted molar refractivity (Wildman–Crippen MR) is 61.9 cm³/mol. The summed E-state index contributed by atoms with van der Waals surface area (Å²) < 4.78 is 7.35. The van der Waals surface area contributed by atoms with Crippen LogP contribution in [0.3, 0.4) is 0 Å². The van der Waals surface area contributed by atoms with Gasteiger partial charge in [-0.25, -0.2) is 4.98 Å². The molecule has 0 amide bonds. The third-order valence-corrected chi connectivity index (χ3v) is 2.84. The lowest BCUT2D eigenvalue weighted by Crippen LogP contribution is -2.22. The van der Waals surface area contributed by atoms with Gasteiger partial charge in [0.2, 0.25) is 0 Å². The largest absolute Gasteiger partial charge is 0.381 e. The highest BCUT2D eigenvalue weighted by Gasteiger charge is 2.14. The van der Waals surface area contributed by atoms with Crippen molar-refractivity contribution in [2.75, 3.05) is 26.3 Å². The van der Waals surface area contributed by atoms with Crippen LogP contribution in [0.15, 0.2) is 12.5 Å². The van der Waals surface area contributed by atoms with Crippen molar-refractivity contribution in [3.8, 4) is 0 Å². The first kappa shape index (κ1) is 11.6. The number of nitrogens with zero attached hydrogens (tertiary/aromatic N) is 2. The summed E-state index contributed by atoms with van der Waals surface area (Å²) in [6.07, 6.45) is 5.06. The van der Waals surface area contributed by atoms with E-state index in [9.17, 15) is 0 Å². The number of rotatable bonds is 6. The average Bonchev–Trinajstić information content (AvgIpc) is 2.90. The van der Waals surface area contributed by atoms with Gasteiger partial charge in [0.15, 0.2) is 0 Å². The molecule has 0 bridgehead atoms. The van der Waals surface area contributed by atoms with Crippen molar-refractivity contribution < 1.29 is 4.74 Å². The summed E-state index contributed by atoms with van der Waals surface area (Å²) in [5.41, 5.74) is 6.55. The van der Waals surface area contributed by atoms with E-state index in [4.69, 9.17) is 10.5 Å². The van der Waals surface area contributed by atoms with Gasteiger partial charge in [-0.2, -0.15) is 0 Å². The fraction of sp³-hybridized carbons (Fsp3) is 0.727. The number of hydrogen-bond donors (Lipinski definition) is 2. The molecule has 1 aliphatic rings. The zero-order valence-corrected chi connectivity index (χ0v) is 9.56. The molecule has 0 aromatic carbocycles. The monoisotopic (exact) mass is 224 g/mol. The van der Waals surface area contributed by atoms with Crippen LogP contribution in [-0.2, 0) is 17.8 Å². The SMILES string of the molecule is NCCn1cnc(CNCC2CCOC2)c1. The van der Waals surface area contributed by atoms with Crippen LogP contribution in [0.25, 0.3) is 0 Å². The van der Waals surface area contributed by atoms with Crippen LogP contribution in [0.1, 0.15) is 12.1 Å². The van der Waals surface area contributed by atoms with Crippen molar-refractivity contribution >= 4 is 0 Å². The lowest BCUT2D eigenvalue weighted by Gasteiger charge is -2.07. The van der Waals surface area contributed by atoms with Gasteiger partial charge in [-0.05, 0) is 12.3 Å². The van der Waals surface area contributed by atoms with Gasteiger partial charge >= 0.3 is 0 Å². The van der Waals surface area contributed by atoms with Gasteiger partial charge in [-0.1, -0.05) is 0 Å². The molecule has 0 aliphatic carbocycles. The molecule has 90 valence electrons. The van der Waals surface area contributed by atoms with Crippen molar-refractivity contribution in [2.24, 2.45) is 11.7 Å². The van der Waals surface area contributed by atoms with E-state index in [1.807, 2.05) is 17.1 Å². The Morgan fingerprint density at radius 3 is 3.31 bits per heavy atom. The Bertz CT molecular complexity index is 307. The second-order valence-electron chi connectivity index (χ2n) is 4.25. The van der Waals surface area contributed by atoms with E-state index in [2.05, 4.69) is 10.3 Å². The maximum Gasteiger partial charge on any atom is 0.0950 e. The van der Waals surface area contributed by atoms with Gasteiger partial charge in [-0.15, -0.1) is 0 Å². The molecule has 1 atom stereocenters. The zero-order chi connectivity index (χ0) is 11.2. The Kier molecular flexibility index (Phi) is 4.33. The van der Waals surface area contributed by atoms with E-state index in [-0.39, 0.29) is 0 Å². The second-order valence-corrected chi connectivity index (χ2v) is 4.25. The van der Waals surface area contributed by atoms with Gasteiger partial charge in [0.05, 0.1) is 18.6 Å². The van der Waals surface area contributed by atoms with Gasteiger partial charge in [-0.3, -0.25) is 0 Å². The van der Waals surface area contributed by atoms with Gasteiger partial charge in [0.25, 0.3) is 0 Å². The minimum atomic E-state index is 0.655. The number of aromatic nitrogens is 2. The predicted octanol–water partition coefficient (Wildman–Crippen LogP) is -0.0321. The Morgan fingerprint density at radius 2 is 2.56 bits per heavy atom. The molecule has 2 heterocycles. The molecule has 1 fully saturated rings. The minimum Gasteiger partial charge on any atom is -0.381 e. The number of nitrogens with one attached hydrogen (secondary N) is 1. The maximum absolute atomic E-state index is 5.47. The van der Waals surface area contributed by atoms with E-state index >= 15 is 0 Å². The summed E-state index contributed by atoms with van der Waals surface area (Å²) in [7, 11) is 0. The average molecular weight is 224 g/mol. The van der Waals surface area contributed by atoms with E-state index in [0.717, 1.165) is 38.5 Å². The van der Waals surface area contributed by atoms with Crippen LogP contribution in [-0.4, -0.2) is 35.9 Å². The summed E-state index contributed by atoms with van der Waals surface area (Å²) in [4.78, 5) is 4.31. The van der Waals surface area contributed by atoms with E-state index in [1.54, 1.807) is 0 Å². The van der Waals surface area contributed by atoms with Crippen LogP contribution in [0.4, 0.5) is 0 Å². The van der Waals surface area contributed by atoms with Crippen LogP contribution in [0, 0.1) is 5.92 Å². The summed E-state index contributed by atoms with van der Waals surface area (Å²) >= 11 is 0. The first-order chi connectivity index (χ1) is 7.88. The molecule has 5 nitrogen and oxygen atoms in total. The quantitative estimate of drug-likeness (QED) is 0.712. The van der Waals surface area contributed by atoms with Crippen LogP contribution >= 0.6 is 0 Å². The molecule has 1 aromatic heterocycles. The van der Waals surface area contributed by atoms with E-state index in [0.29, 0.717) is 12.5 Å². The van der Waals surface area contributed by atoms with Crippen molar-refractivity contribution in [3.63, 3.8) is 0 Å². The van der Waals surface area contributed by atoms with Crippen LogP contribution in [0.5, 0.6) is 0 Å². The highest BCUT2D eigenvalue weighted by Crippen LogP contribution is 2.10. The molecular formula is C11H20N4O. The standard InChI is InChI=1S/C11H20N4O/c12-2-3-15-7-11(14-9-15)6-13-5-10-1-4-16-8-10/h7,9-10,13H,1-6,8,12H2. The Morgan fingerprint density at radius 1 is 1.62 bits per heavy atom. The summed E-state index contributed by atoms with van der Waals surface area (Å²) in [6.45, 7) is 5.15. The van der Waals surface area contributed by atoms with Gasteiger partial charge < -0.3 is 20.4 Å². The third-order valence-electron chi connectivity index (χ3n) is 2.84. The maximum atomic E-state index is 5.47. The van der Waals surface area contributed by atoms with Gasteiger partial charge in [0.1, 0.15) is 0 Å². The molecule has 1 saturated heterocycles. The van der Waals surface area contributed by atoms with Crippen molar-refractivity contribution in [1.82, 2.24) is 14.9 Å². The van der Waals surface area contributed by atoms with Gasteiger partial charge in [0, 0.05) is 39.0 Å². The molecule has 16 heavy (non-hydrogen) atoms. The Labute approximate surface area is 96.0 Å². The highest BCUT2D eigenvalue weighted by molar-refractivity contribution is 4.96. The number of imidazole rings is 1. The summed E-state index contributed by atoms with van der Waals surface area (Å²) in [6, 6.07) is 0. The van der Waals surface area contributed by atoms with E-state index in [1.165, 1.54) is 6.42 Å². The molecule has 1 unspecified atom stereocenters. The highest BCUT2D eigenvalue weighted by atomic mass is 16.5. The second kappa shape index (κ2) is 5.98. The molecule has 1 aromatic rings. The fourth-order valence-electron chi connectivity index (χ4n) is 1.92. The molecule has 1 aliphatic heterocycles. The normalized spacial score (nSPS) is 20.4. The smallest absolute Gasteiger partial charge is 0.0950 e. The topological polar surface area (TPSA) is 65.1 Å². The van der Waals surface area contributed by atoms with Crippen LogP contribution in [0.2, 0.25) is 0 Å². The lowest BCUT2D eigenvalue weighted by molar-refractivity contribution is 0.185. The first-order valence-corrected chi connectivity index (χ1v) is 5.87. The Balaban J connectivity index is 1.67. The number of ether oxygens (including phenoxy) is 1. The van der Waals surface area contributed by atoms with Crippen molar-refractivity contribution in [2.45, 2.75) is 19.5 Å². The summed E-state index contributed by atoms with van der Waals surface area (Å²) in [5, 5.41) is 3.41. The molecule has 2 rings (SSSR count). The minimum absolute atomic E-state index is 0.655. The molecule has 3 N–H and O–H groups in total.